The van der Waals surface area contributed by atoms with E-state index in [1.165, 1.54) is 12.1 Å². The average Bonchev–Trinajstić information content (AvgIpc) is 3.02. The third kappa shape index (κ3) is 3.69. The molecule has 0 bridgehead atoms. The number of ether oxygens (including phenoxy) is 1. The van der Waals surface area contributed by atoms with Crippen molar-refractivity contribution in [2.24, 2.45) is 0 Å². The van der Waals surface area contributed by atoms with E-state index >= 15 is 0 Å². The molecule has 2 fully saturated rings. The van der Waals surface area contributed by atoms with Crippen LogP contribution in [-0.2, 0) is 16.6 Å². The number of carbonyl (C=O) groups is 2. The number of amides is 1. The van der Waals surface area contributed by atoms with Crippen LogP contribution in [0.15, 0.2) is 30.3 Å². The lowest BCUT2D eigenvalue weighted by molar-refractivity contribution is -0.125. The number of nitrogens with one attached hydrogen (secondary N) is 1. The molecule has 0 unspecified atom stereocenters. The van der Waals surface area contributed by atoms with Crippen LogP contribution < -0.4 is 10.1 Å². The number of piperidine rings is 1. The molecule has 0 radical (unpaired) electrons. The summed E-state index contributed by atoms with van der Waals surface area (Å²) in [5.41, 5.74) is 1.90. The zero-order chi connectivity index (χ0) is 22.5. The molecule has 0 aromatic heterocycles. The number of carbonyl (C=O) groups excluding carboxylic acids is 2. The Morgan fingerprint density at radius 2 is 1.97 bits per heavy atom. The molecule has 5 rings (SSSR count). The number of hydrogen-bond donors (Lipinski definition) is 1. The van der Waals surface area contributed by atoms with Crippen LogP contribution in [0.2, 0.25) is 5.02 Å². The fourth-order valence-electron chi connectivity index (χ4n) is 5.14. The fourth-order valence-corrected chi connectivity index (χ4v) is 5.30. The molecule has 1 amide bonds. The van der Waals surface area contributed by atoms with Crippen molar-refractivity contribution >= 4 is 29.0 Å². The predicted octanol–water partition coefficient (Wildman–Crippen LogP) is 4.75. The number of Topliss-reactive ketones (excluding diaryl/α,β-unsaturated/α-hetero) is 1. The Balaban J connectivity index is 1.48. The number of rotatable bonds is 4. The summed E-state index contributed by atoms with van der Waals surface area (Å²) in [5.74, 6) is -0.332. The van der Waals surface area contributed by atoms with Crippen LogP contribution in [0.4, 0.5) is 10.1 Å². The molecule has 1 spiro atoms. The summed E-state index contributed by atoms with van der Waals surface area (Å²) < 4.78 is 20.7. The van der Waals surface area contributed by atoms with Crippen LogP contribution >= 0.6 is 11.6 Å². The van der Waals surface area contributed by atoms with Gasteiger partial charge in [-0.15, -0.1) is 0 Å². The number of fused-ring (bicyclic) bond motifs is 2. The highest BCUT2D eigenvalue weighted by Gasteiger charge is 2.51. The van der Waals surface area contributed by atoms with E-state index in [2.05, 4.69) is 17.3 Å². The van der Waals surface area contributed by atoms with E-state index in [1.807, 2.05) is 6.07 Å². The third-order valence-corrected chi connectivity index (χ3v) is 7.43. The summed E-state index contributed by atoms with van der Waals surface area (Å²) in [4.78, 5) is 28.0. The summed E-state index contributed by atoms with van der Waals surface area (Å²) in [7, 11) is 2.10. The van der Waals surface area contributed by atoms with Gasteiger partial charge in [-0.05, 0) is 62.6 Å². The zero-order valence-electron chi connectivity index (χ0n) is 18.0. The number of ketones is 1. The number of benzene rings is 2. The Hall–Kier alpha value is -2.44. The third-order valence-electron chi connectivity index (χ3n) is 7.20. The van der Waals surface area contributed by atoms with Crippen molar-refractivity contribution in [3.8, 4) is 5.75 Å². The average molecular weight is 457 g/mol. The lowest BCUT2D eigenvalue weighted by atomic mass is 9.64. The molecule has 2 aromatic carbocycles. The minimum Gasteiger partial charge on any atom is -0.490 e. The second-order valence-electron chi connectivity index (χ2n) is 9.23. The Morgan fingerprint density at radius 1 is 1.22 bits per heavy atom. The minimum absolute atomic E-state index is 0.0722. The summed E-state index contributed by atoms with van der Waals surface area (Å²) in [5, 5.41) is 3.04. The molecule has 1 saturated carbocycles. The Kier molecular flexibility index (Phi) is 5.46. The van der Waals surface area contributed by atoms with E-state index in [0.717, 1.165) is 62.4 Å². The maximum absolute atomic E-state index is 14.3. The molecular formula is C25H26ClFN2O3. The van der Waals surface area contributed by atoms with Crippen LogP contribution in [0.1, 0.15) is 53.6 Å². The smallest absolute Gasteiger partial charge is 0.258 e. The minimum atomic E-state index is -0.676. The number of hydrogen-bond acceptors (Lipinski definition) is 4. The van der Waals surface area contributed by atoms with Gasteiger partial charge in [-0.3, -0.25) is 9.59 Å². The molecular weight excluding hydrogens is 431 g/mol. The molecule has 2 aromatic rings. The quantitative estimate of drug-likeness (QED) is 0.721. The maximum atomic E-state index is 14.3. The zero-order valence-corrected chi connectivity index (χ0v) is 18.8. The van der Waals surface area contributed by atoms with E-state index in [9.17, 15) is 14.0 Å². The van der Waals surface area contributed by atoms with Crippen molar-refractivity contribution in [2.75, 3.05) is 25.5 Å². The lowest BCUT2D eigenvalue weighted by Gasteiger charge is -2.38. The highest BCUT2D eigenvalue weighted by Crippen LogP contribution is 2.53. The molecule has 32 heavy (non-hydrogen) atoms. The van der Waals surface area contributed by atoms with Gasteiger partial charge in [-0.2, -0.15) is 0 Å². The van der Waals surface area contributed by atoms with Gasteiger partial charge in [0.05, 0.1) is 11.0 Å². The standard InChI is InChI=1S/C25H26ClFN2O3/c1-29-9-5-17(6-10-29)32-22-13-16(28-24(31)18-4-3-15(26)11-21(18)27)12-20-19(22)14-23(30)25(20)7-2-8-25/h3-4,11-13,17H,2,5-10,14H2,1H3,(H,28,31). The first kappa shape index (κ1) is 21.4. The van der Waals surface area contributed by atoms with E-state index < -0.39 is 17.1 Å². The Labute approximate surface area is 191 Å². The number of nitrogens with zero attached hydrogens (tertiary/aromatic N) is 1. The number of likely N-dealkylation sites (tertiary alicyclic amines) is 1. The van der Waals surface area contributed by atoms with Crippen molar-refractivity contribution in [1.29, 1.82) is 0 Å². The topological polar surface area (TPSA) is 58.6 Å². The van der Waals surface area contributed by atoms with E-state index in [1.54, 1.807) is 6.07 Å². The molecule has 1 saturated heterocycles. The summed E-state index contributed by atoms with van der Waals surface area (Å²) >= 11 is 5.81. The van der Waals surface area contributed by atoms with E-state index in [-0.39, 0.29) is 22.5 Å². The highest BCUT2D eigenvalue weighted by atomic mass is 35.5. The molecule has 3 aliphatic rings. The van der Waals surface area contributed by atoms with Gasteiger partial charge in [0, 0.05) is 41.9 Å². The lowest BCUT2D eigenvalue weighted by Crippen LogP contribution is -2.39. The first-order valence-corrected chi connectivity index (χ1v) is 11.6. The second-order valence-corrected chi connectivity index (χ2v) is 9.67. The Bertz CT molecular complexity index is 1090. The van der Waals surface area contributed by atoms with Crippen LogP contribution in [0.25, 0.3) is 0 Å². The molecule has 1 N–H and O–H groups in total. The van der Waals surface area contributed by atoms with Crippen molar-refractivity contribution in [3.63, 3.8) is 0 Å². The first-order chi connectivity index (χ1) is 15.4. The molecule has 1 aliphatic heterocycles. The van der Waals surface area contributed by atoms with Crippen LogP contribution in [0, 0.1) is 5.82 Å². The number of anilines is 1. The van der Waals surface area contributed by atoms with Gasteiger partial charge in [0.15, 0.2) is 0 Å². The van der Waals surface area contributed by atoms with Crippen molar-refractivity contribution < 1.29 is 18.7 Å². The van der Waals surface area contributed by atoms with E-state index in [0.29, 0.717) is 17.9 Å². The normalized spacial score (nSPS) is 20.2. The van der Waals surface area contributed by atoms with Crippen LogP contribution in [0.3, 0.4) is 0 Å². The summed E-state index contributed by atoms with van der Waals surface area (Å²) in [6.45, 7) is 1.92. The summed E-state index contributed by atoms with van der Waals surface area (Å²) in [6.07, 6.45) is 4.95. The predicted molar refractivity (Wildman–Crippen MR) is 121 cm³/mol. The Morgan fingerprint density at radius 3 is 2.62 bits per heavy atom. The van der Waals surface area contributed by atoms with Gasteiger partial charge < -0.3 is 15.0 Å². The fraction of sp³-hybridized carbons (Fsp3) is 0.440. The van der Waals surface area contributed by atoms with Gasteiger partial charge in [0.2, 0.25) is 0 Å². The molecule has 1 heterocycles. The molecule has 168 valence electrons. The van der Waals surface area contributed by atoms with Gasteiger partial charge in [-0.1, -0.05) is 18.0 Å². The number of halogens is 2. The van der Waals surface area contributed by atoms with Gasteiger partial charge >= 0.3 is 0 Å². The monoisotopic (exact) mass is 456 g/mol. The largest absolute Gasteiger partial charge is 0.490 e. The molecule has 0 atom stereocenters. The van der Waals surface area contributed by atoms with Crippen molar-refractivity contribution in [2.45, 2.75) is 50.0 Å². The highest BCUT2D eigenvalue weighted by molar-refractivity contribution is 6.30. The van der Waals surface area contributed by atoms with Crippen LogP contribution in [0.5, 0.6) is 5.75 Å². The molecule has 5 nitrogen and oxygen atoms in total. The first-order valence-electron chi connectivity index (χ1n) is 11.2. The van der Waals surface area contributed by atoms with Gasteiger partial charge in [-0.25, -0.2) is 4.39 Å². The molecule has 2 aliphatic carbocycles. The van der Waals surface area contributed by atoms with Gasteiger partial charge in [0.1, 0.15) is 23.5 Å². The van der Waals surface area contributed by atoms with Crippen molar-refractivity contribution in [3.05, 3.63) is 57.9 Å². The SMILES string of the molecule is CN1CCC(Oc2cc(NC(=O)c3ccc(Cl)cc3F)cc3c2CC(=O)C32CCC2)CC1. The van der Waals surface area contributed by atoms with Crippen LogP contribution in [-0.4, -0.2) is 42.8 Å². The summed E-state index contributed by atoms with van der Waals surface area (Å²) in [6, 6.07) is 7.64. The maximum Gasteiger partial charge on any atom is 0.258 e. The van der Waals surface area contributed by atoms with E-state index in [4.69, 9.17) is 16.3 Å². The van der Waals surface area contributed by atoms with Gasteiger partial charge in [0.25, 0.3) is 5.91 Å². The molecule has 7 heteroatoms. The van der Waals surface area contributed by atoms with Crippen molar-refractivity contribution in [1.82, 2.24) is 4.90 Å². The second kappa shape index (κ2) is 8.16.